The Labute approximate surface area is 132 Å². The minimum Gasteiger partial charge on any atom is -0.232 e. The van der Waals surface area contributed by atoms with E-state index in [1.165, 1.54) is 11.6 Å². The minimum atomic E-state index is -4.48. The fourth-order valence-corrected chi connectivity index (χ4v) is 2.57. The lowest BCUT2D eigenvalue weighted by molar-refractivity contribution is -0.141. The molecule has 0 bridgehead atoms. The van der Waals surface area contributed by atoms with Crippen LogP contribution in [0.25, 0.3) is 16.9 Å². The van der Waals surface area contributed by atoms with Crippen LogP contribution in [0, 0.1) is 13.8 Å². The summed E-state index contributed by atoms with van der Waals surface area (Å²) in [5.41, 5.74) is 2.08. The Bertz CT molecular complexity index is 816. The van der Waals surface area contributed by atoms with Gasteiger partial charge in [-0.1, -0.05) is 48.0 Å². The average Bonchev–Trinajstić information content (AvgIpc) is 2.86. The van der Waals surface area contributed by atoms with E-state index in [0.29, 0.717) is 16.9 Å². The summed E-state index contributed by atoms with van der Waals surface area (Å²) in [6, 6.07) is 16.3. The van der Waals surface area contributed by atoms with Crippen molar-refractivity contribution in [1.29, 1.82) is 0 Å². The molecule has 2 aromatic carbocycles. The van der Waals surface area contributed by atoms with Gasteiger partial charge >= 0.3 is 6.18 Å². The predicted octanol–water partition coefficient (Wildman–Crippen LogP) is 5.17. The molecule has 0 unspecified atom stereocenters. The summed E-state index contributed by atoms with van der Waals surface area (Å²) >= 11 is 0. The lowest BCUT2D eigenvalue weighted by atomic mass is 10.1. The van der Waals surface area contributed by atoms with Crippen LogP contribution in [0.5, 0.6) is 0 Å². The van der Waals surface area contributed by atoms with Gasteiger partial charge in [0.25, 0.3) is 0 Å². The number of alkyl halides is 3. The first kappa shape index (κ1) is 15.3. The molecule has 0 aliphatic rings. The van der Waals surface area contributed by atoms with Crippen LogP contribution in [0.3, 0.4) is 0 Å². The summed E-state index contributed by atoms with van der Waals surface area (Å²) in [6.45, 7) is 3.39. The van der Waals surface area contributed by atoms with Crippen molar-refractivity contribution in [2.45, 2.75) is 20.0 Å². The van der Waals surface area contributed by atoms with Crippen LogP contribution in [0.1, 0.15) is 16.8 Å². The van der Waals surface area contributed by atoms with Crippen molar-refractivity contribution in [1.82, 2.24) is 9.78 Å². The molecule has 0 N–H and O–H groups in total. The van der Waals surface area contributed by atoms with Gasteiger partial charge in [0.1, 0.15) is 0 Å². The van der Waals surface area contributed by atoms with Crippen LogP contribution in [0.15, 0.2) is 54.6 Å². The zero-order valence-corrected chi connectivity index (χ0v) is 12.7. The van der Waals surface area contributed by atoms with Crippen LogP contribution in [0.4, 0.5) is 13.2 Å². The van der Waals surface area contributed by atoms with E-state index < -0.39 is 11.9 Å². The number of halogens is 3. The topological polar surface area (TPSA) is 17.8 Å². The number of rotatable bonds is 2. The molecular weight excluding hydrogens is 301 g/mol. The normalized spacial score (nSPS) is 11.7. The van der Waals surface area contributed by atoms with Crippen LogP contribution in [-0.4, -0.2) is 9.78 Å². The molecule has 0 fully saturated rings. The molecule has 0 spiro atoms. The van der Waals surface area contributed by atoms with Crippen molar-refractivity contribution in [2.24, 2.45) is 0 Å². The van der Waals surface area contributed by atoms with Crippen LogP contribution >= 0.6 is 0 Å². The molecule has 0 saturated carbocycles. The fourth-order valence-electron chi connectivity index (χ4n) is 2.57. The Balaban J connectivity index is 2.28. The van der Waals surface area contributed by atoms with Crippen molar-refractivity contribution in [3.63, 3.8) is 0 Å². The Hall–Kier alpha value is -2.56. The molecule has 0 aliphatic heterocycles. The number of hydrogen-bond donors (Lipinski definition) is 0. The van der Waals surface area contributed by atoms with E-state index >= 15 is 0 Å². The molecule has 0 aliphatic carbocycles. The molecule has 2 nitrogen and oxygen atoms in total. The molecule has 0 atom stereocenters. The van der Waals surface area contributed by atoms with E-state index in [2.05, 4.69) is 5.10 Å². The summed E-state index contributed by atoms with van der Waals surface area (Å²) in [4.78, 5) is 0. The van der Waals surface area contributed by atoms with Gasteiger partial charge in [0.2, 0.25) is 0 Å². The maximum atomic E-state index is 13.3. The zero-order valence-electron chi connectivity index (χ0n) is 12.7. The molecule has 3 aromatic rings. The highest BCUT2D eigenvalue weighted by Gasteiger charge is 2.38. The number of nitrogens with zero attached hydrogens (tertiary/aromatic N) is 2. The molecule has 23 heavy (non-hydrogen) atoms. The standard InChI is InChI=1S/C18H15F3N2/c1-12-8-10-15(11-9-12)23-16(14-6-4-3-5-7-14)13(2)17(22-23)18(19,20)21/h3-11H,1-2H3. The second-order valence-electron chi connectivity index (χ2n) is 5.43. The van der Waals surface area contributed by atoms with Gasteiger partial charge in [-0.05, 0) is 26.0 Å². The van der Waals surface area contributed by atoms with Crippen LogP contribution < -0.4 is 0 Å². The first-order valence-electron chi connectivity index (χ1n) is 7.17. The van der Waals surface area contributed by atoms with Gasteiger partial charge < -0.3 is 0 Å². The Morgan fingerprint density at radius 1 is 0.870 bits per heavy atom. The van der Waals surface area contributed by atoms with Gasteiger partial charge in [0, 0.05) is 11.1 Å². The largest absolute Gasteiger partial charge is 0.435 e. The first-order chi connectivity index (χ1) is 10.9. The van der Waals surface area contributed by atoms with Gasteiger partial charge in [-0.2, -0.15) is 18.3 Å². The average molecular weight is 316 g/mol. The lowest BCUT2D eigenvalue weighted by Crippen LogP contribution is -2.08. The Morgan fingerprint density at radius 3 is 2.04 bits per heavy atom. The number of aryl methyl sites for hydroxylation is 1. The van der Waals surface area contributed by atoms with Gasteiger partial charge in [0.05, 0.1) is 11.4 Å². The van der Waals surface area contributed by atoms with Crippen molar-refractivity contribution in [2.75, 3.05) is 0 Å². The van der Waals surface area contributed by atoms with Gasteiger partial charge in [-0.3, -0.25) is 0 Å². The third-order valence-electron chi connectivity index (χ3n) is 3.72. The maximum absolute atomic E-state index is 13.3. The minimum absolute atomic E-state index is 0.129. The second-order valence-corrected chi connectivity index (χ2v) is 5.43. The molecular formula is C18H15F3N2. The van der Waals surface area contributed by atoms with Gasteiger partial charge in [-0.25, -0.2) is 4.68 Å². The maximum Gasteiger partial charge on any atom is 0.435 e. The Kier molecular flexibility index (Phi) is 3.72. The summed E-state index contributed by atoms with van der Waals surface area (Å²) < 4.78 is 41.2. The van der Waals surface area contributed by atoms with Crippen molar-refractivity contribution in [3.05, 3.63) is 71.4 Å². The van der Waals surface area contributed by atoms with E-state index in [-0.39, 0.29) is 5.56 Å². The van der Waals surface area contributed by atoms with Crippen molar-refractivity contribution >= 4 is 0 Å². The van der Waals surface area contributed by atoms with E-state index in [1.807, 2.05) is 25.1 Å². The van der Waals surface area contributed by atoms with Gasteiger partial charge in [-0.15, -0.1) is 0 Å². The molecule has 1 aromatic heterocycles. The first-order valence-corrected chi connectivity index (χ1v) is 7.17. The molecule has 5 heteroatoms. The quantitative estimate of drug-likeness (QED) is 0.637. The molecule has 1 heterocycles. The summed E-state index contributed by atoms with van der Waals surface area (Å²) in [7, 11) is 0. The van der Waals surface area contributed by atoms with E-state index in [0.717, 1.165) is 5.56 Å². The zero-order chi connectivity index (χ0) is 16.6. The predicted molar refractivity (Wildman–Crippen MR) is 83.5 cm³/mol. The third-order valence-corrected chi connectivity index (χ3v) is 3.72. The van der Waals surface area contributed by atoms with Gasteiger partial charge in [0.15, 0.2) is 5.69 Å². The molecule has 0 radical (unpaired) electrons. The van der Waals surface area contributed by atoms with Crippen LogP contribution in [-0.2, 0) is 6.18 Å². The van der Waals surface area contributed by atoms with E-state index in [4.69, 9.17) is 0 Å². The number of hydrogen-bond acceptors (Lipinski definition) is 1. The lowest BCUT2D eigenvalue weighted by Gasteiger charge is -2.09. The molecule has 0 amide bonds. The fraction of sp³-hybridized carbons (Fsp3) is 0.167. The summed E-state index contributed by atoms with van der Waals surface area (Å²) in [5.74, 6) is 0. The van der Waals surface area contributed by atoms with E-state index in [1.54, 1.807) is 36.4 Å². The van der Waals surface area contributed by atoms with Crippen molar-refractivity contribution < 1.29 is 13.2 Å². The van der Waals surface area contributed by atoms with Crippen LogP contribution in [0.2, 0.25) is 0 Å². The number of aromatic nitrogens is 2. The smallest absolute Gasteiger partial charge is 0.232 e. The molecule has 118 valence electrons. The monoisotopic (exact) mass is 316 g/mol. The third kappa shape index (κ3) is 2.86. The number of benzene rings is 2. The van der Waals surface area contributed by atoms with E-state index in [9.17, 15) is 13.2 Å². The Morgan fingerprint density at radius 2 is 1.48 bits per heavy atom. The second kappa shape index (κ2) is 5.57. The molecule has 3 rings (SSSR count). The summed E-state index contributed by atoms with van der Waals surface area (Å²) in [6.07, 6.45) is -4.48. The SMILES string of the molecule is Cc1ccc(-n2nc(C(F)(F)F)c(C)c2-c2ccccc2)cc1. The highest BCUT2D eigenvalue weighted by molar-refractivity contribution is 5.67. The molecule has 0 saturated heterocycles. The highest BCUT2D eigenvalue weighted by atomic mass is 19.4. The van der Waals surface area contributed by atoms with Crippen molar-refractivity contribution in [3.8, 4) is 16.9 Å². The highest BCUT2D eigenvalue weighted by Crippen LogP contribution is 2.37. The summed E-state index contributed by atoms with van der Waals surface area (Å²) in [5, 5.41) is 3.85.